The molecule has 0 aromatic carbocycles. The van der Waals surface area contributed by atoms with Gasteiger partial charge in [0.05, 0.1) is 12.4 Å². The molecule has 2 heteroatoms. The normalized spacial score (nSPS) is 13.9. The Morgan fingerprint density at radius 2 is 2.30 bits per heavy atom. The van der Waals surface area contributed by atoms with Crippen LogP contribution in [0.25, 0.3) is 0 Å². The molecule has 0 amide bonds. The summed E-state index contributed by atoms with van der Waals surface area (Å²) in [6.07, 6.45) is 5.50. The first-order chi connectivity index (χ1) is 4.81. The van der Waals surface area contributed by atoms with Crippen LogP contribution in [0, 0.1) is 0 Å². The molecule has 0 aromatic heterocycles. The number of hydrogen-bond acceptors (Lipinski definition) is 2. The molecule has 0 aliphatic heterocycles. The van der Waals surface area contributed by atoms with Crippen LogP contribution in [0.5, 0.6) is 0 Å². The second-order valence-corrected chi connectivity index (χ2v) is 2.28. The van der Waals surface area contributed by atoms with Crippen LogP contribution in [0.1, 0.15) is 26.7 Å². The number of aliphatic hydroxyl groups is 1. The van der Waals surface area contributed by atoms with E-state index in [2.05, 4.69) is 0 Å². The summed E-state index contributed by atoms with van der Waals surface area (Å²) in [4.78, 5) is 0. The molecule has 0 spiro atoms. The van der Waals surface area contributed by atoms with Gasteiger partial charge in [-0.2, -0.15) is 0 Å². The molecule has 1 atom stereocenters. The van der Waals surface area contributed by atoms with Gasteiger partial charge >= 0.3 is 0 Å². The largest absolute Gasteiger partial charge is 0.499 e. The van der Waals surface area contributed by atoms with Crippen molar-refractivity contribution in [3.05, 3.63) is 12.3 Å². The number of allylic oxidation sites excluding steroid dienone is 1. The molecule has 0 aliphatic rings. The van der Waals surface area contributed by atoms with Crippen molar-refractivity contribution in [3.63, 3.8) is 0 Å². The Balaban J connectivity index is 3.16. The predicted molar refractivity (Wildman–Crippen MR) is 41.7 cm³/mol. The Labute approximate surface area is 62.5 Å². The summed E-state index contributed by atoms with van der Waals surface area (Å²) in [5.74, 6) is 0. The summed E-state index contributed by atoms with van der Waals surface area (Å²) in [5.41, 5.74) is 0. The van der Waals surface area contributed by atoms with Crippen LogP contribution in [0.2, 0.25) is 0 Å². The Kier molecular flexibility index (Phi) is 6.29. The fourth-order valence-electron chi connectivity index (χ4n) is 0.659. The Hall–Kier alpha value is -0.500. The van der Waals surface area contributed by atoms with Crippen molar-refractivity contribution in [2.75, 3.05) is 6.61 Å². The quantitative estimate of drug-likeness (QED) is 0.595. The molecule has 0 saturated carbocycles. The van der Waals surface area contributed by atoms with E-state index in [-0.39, 0.29) is 12.7 Å². The van der Waals surface area contributed by atoms with E-state index in [0.717, 1.165) is 12.8 Å². The predicted octanol–water partition coefficient (Wildman–Crippen LogP) is 1.70. The highest BCUT2D eigenvalue weighted by atomic mass is 16.5. The topological polar surface area (TPSA) is 29.5 Å². The van der Waals surface area contributed by atoms with E-state index in [9.17, 15) is 0 Å². The van der Waals surface area contributed by atoms with Gasteiger partial charge in [0.2, 0.25) is 0 Å². The first-order valence-corrected chi connectivity index (χ1v) is 3.68. The Morgan fingerprint density at radius 1 is 1.60 bits per heavy atom. The van der Waals surface area contributed by atoms with Gasteiger partial charge in [-0.3, -0.25) is 0 Å². The molecular weight excluding hydrogens is 128 g/mol. The van der Waals surface area contributed by atoms with Crippen LogP contribution in [-0.2, 0) is 4.74 Å². The molecule has 0 rings (SSSR count). The van der Waals surface area contributed by atoms with E-state index < -0.39 is 0 Å². The van der Waals surface area contributed by atoms with Gasteiger partial charge in [0.1, 0.15) is 0 Å². The van der Waals surface area contributed by atoms with Crippen LogP contribution in [-0.4, -0.2) is 17.8 Å². The lowest BCUT2D eigenvalue weighted by Gasteiger charge is -2.08. The van der Waals surface area contributed by atoms with Crippen molar-refractivity contribution < 1.29 is 9.84 Å². The molecule has 0 radical (unpaired) electrons. The molecule has 2 nitrogen and oxygen atoms in total. The SMILES string of the molecule is CC=COC(C)CCCO. The Bertz CT molecular complexity index is 89.3. The van der Waals surface area contributed by atoms with E-state index in [0.29, 0.717) is 0 Å². The van der Waals surface area contributed by atoms with Crippen molar-refractivity contribution >= 4 is 0 Å². The van der Waals surface area contributed by atoms with Crippen LogP contribution >= 0.6 is 0 Å². The molecule has 0 saturated heterocycles. The minimum Gasteiger partial charge on any atom is -0.499 e. The smallest absolute Gasteiger partial charge is 0.0951 e. The van der Waals surface area contributed by atoms with Crippen LogP contribution in [0.4, 0.5) is 0 Å². The molecule has 1 N–H and O–H groups in total. The summed E-state index contributed by atoms with van der Waals surface area (Å²) in [6.45, 7) is 4.16. The van der Waals surface area contributed by atoms with Crippen LogP contribution in [0.15, 0.2) is 12.3 Å². The molecule has 0 fully saturated rings. The summed E-state index contributed by atoms with van der Waals surface area (Å²) >= 11 is 0. The fraction of sp³-hybridized carbons (Fsp3) is 0.750. The second-order valence-electron chi connectivity index (χ2n) is 2.28. The number of hydrogen-bond donors (Lipinski definition) is 1. The monoisotopic (exact) mass is 144 g/mol. The molecule has 1 unspecified atom stereocenters. The first kappa shape index (κ1) is 9.50. The molecule has 0 bridgehead atoms. The summed E-state index contributed by atoms with van der Waals surface area (Å²) < 4.78 is 5.20. The zero-order valence-corrected chi connectivity index (χ0v) is 6.71. The van der Waals surface area contributed by atoms with Crippen molar-refractivity contribution in [3.8, 4) is 0 Å². The molecule has 10 heavy (non-hydrogen) atoms. The Morgan fingerprint density at radius 3 is 2.80 bits per heavy atom. The third kappa shape index (κ3) is 5.63. The lowest BCUT2D eigenvalue weighted by molar-refractivity contribution is 0.140. The minimum absolute atomic E-state index is 0.225. The summed E-state index contributed by atoms with van der Waals surface area (Å²) in [6, 6.07) is 0. The van der Waals surface area contributed by atoms with Gasteiger partial charge in [-0.25, -0.2) is 0 Å². The third-order valence-electron chi connectivity index (χ3n) is 1.22. The maximum atomic E-state index is 8.47. The molecule has 0 aromatic rings. The van der Waals surface area contributed by atoms with Crippen molar-refractivity contribution in [2.24, 2.45) is 0 Å². The maximum Gasteiger partial charge on any atom is 0.0951 e. The van der Waals surface area contributed by atoms with E-state index >= 15 is 0 Å². The molecule has 60 valence electrons. The number of ether oxygens (including phenoxy) is 1. The highest BCUT2D eigenvalue weighted by Gasteiger charge is 1.97. The number of rotatable bonds is 5. The van der Waals surface area contributed by atoms with E-state index in [1.807, 2.05) is 19.9 Å². The first-order valence-electron chi connectivity index (χ1n) is 3.68. The lowest BCUT2D eigenvalue weighted by Crippen LogP contribution is -2.04. The second kappa shape index (κ2) is 6.62. The average Bonchev–Trinajstić information content (AvgIpc) is 1.97. The zero-order valence-electron chi connectivity index (χ0n) is 6.71. The standard InChI is InChI=1S/C8H16O2/c1-3-7-10-8(2)5-4-6-9/h3,7-9H,4-6H2,1-2H3. The molecule has 0 heterocycles. The van der Waals surface area contributed by atoms with Crippen molar-refractivity contribution in [1.82, 2.24) is 0 Å². The fourth-order valence-corrected chi connectivity index (χ4v) is 0.659. The summed E-state index contributed by atoms with van der Waals surface area (Å²) in [5, 5.41) is 8.47. The maximum absolute atomic E-state index is 8.47. The van der Waals surface area contributed by atoms with Crippen molar-refractivity contribution in [1.29, 1.82) is 0 Å². The molecular formula is C8H16O2. The highest BCUT2D eigenvalue weighted by Crippen LogP contribution is 2.00. The third-order valence-corrected chi connectivity index (χ3v) is 1.22. The van der Waals surface area contributed by atoms with Gasteiger partial charge in [-0.15, -0.1) is 0 Å². The van der Waals surface area contributed by atoms with Crippen molar-refractivity contribution in [2.45, 2.75) is 32.8 Å². The van der Waals surface area contributed by atoms with Crippen LogP contribution in [0.3, 0.4) is 0 Å². The van der Waals surface area contributed by atoms with Gasteiger partial charge in [-0.1, -0.05) is 6.08 Å². The lowest BCUT2D eigenvalue weighted by atomic mass is 10.2. The highest BCUT2D eigenvalue weighted by molar-refractivity contribution is 4.67. The van der Waals surface area contributed by atoms with Crippen LogP contribution < -0.4 is 0 Å². The van der Waals surface area contributed by atoms with Gasteiger partial charge in [-0.05, 0) is 26.7 Å². The van der Waals surface area contributed by atoms with Gasteiger partial charge in [0, 0.05) is 6.61 Å². The summed E-state index contributed by atoms with van der Waals surface area (Å²) in [7, 11) is 0. The van der Waals surface area contributed by atoms with Gasteiger partial charge in [0.25, 0.3) is 0 Å². The number of aliphatic hydroxyl groups excluding tert-OH is 1. The van der Waals surface area contributed by atoms with E-state index in [4.69, 9.17) is 9.84 Å². The van der Waals surface area contributed by atoms with E-state index in [1.165, 1.54) is 0 Å². The minimum atomic E-state index is 0.225. The van der Waals surface area contributed by atoms with Gasteiger partial charge < -0.3 is 9.84 Å². The zero-order chi connectivity index (χ0) is 7.82. The molecule has 0 aliphatic carbocycles. The van der Waals surface area contributed by atoms with Gasteiger partial charge in [0.15, 0.2) is 0 Å². The average molecular weight is 144 g/mol. The van der Waals surface area contributed by atoms with E-state index in [1.54, 1.807) is 6.26 Å².